The molecule has 0 fully saturated rings. The summed E-state index contributed by atoms with van der Waals surface area (Å²) < 4.78 is 18.8. The van der Waals surface area contributed by atoms with Crippen LogP contribution in [0.25, 0.3) is 0 Å². The first-order chi connectivity index (χ1) is 9.81. The second-order valence-electron chi connectivity index (χ2n) is 3.81. The minimum Gasteiger partial charge on any atom is -0.444 e. The van der Waals surface area contributed by atoms with Gasteiger partial charge in [-0.2, -0.15) is 0 Å². The molecule has 0 aliphatic heterocycles. The van der Waals surface area contributed by atoms with Crippen molar-refractivity contribution in [3.05, 3.63) is 39.9 Å². The van der Waals surface area contributed by atoms with Crippen LogP contribution in [0, 0.1) is 10.1 Å². The van der Waals surface area contributed by atoms with E-state index in [9.17, 15) is 24.1 Å². The second kappa shape index (κ2) is 7.43. The molecule has 0 aromatic heterocycles. The summed E-state index contributed by atoms with van der Waals surface area (Å²) in [5, 5.41) is 10.5. The first-order valence-corrected chi connectivity index (χ1v) is 6.29. The molecule has 8 nitrogen and oxygen atoms in total. The maximum atomic E-state index is 12.3. The average molecular weight is 317 g/mol. The van der Waals surface area contributed by atoms with Crippen molar-refractivity contribution in [2.75, 3.05) is 14.1 Å². The first-order valence-electron chi connectivity index (χ1n) is 5.56. The highest BCUT2D eigenvalue weighted by molar-refractivity contribution is 7.95. The molecule has 0 radical (unpaired) electrons. The summed E-state index contributed by atoms with van der Waals surface area (Å²) in [5.41, 5.74) is 0.489. The first kappa shape index (κ1) is 16.7. The fourth-order valence-corrected chi connectivity index (χ4v) is 1.75. The molecule has 0 atom stereocenters. The van der Waals surface area contributed by atoms with Crippen molar-refractivity contribution in [3.63, 3.8) is 0 Å². The van der Waals surface area contributed by atoms with Gasteiger partial charge in [0, 0.05) is 26.2 Å². The number of amides is 2. The Labute approximate surface area is 123 Å². The van der Waals surface area contributed by atoms with Crippen LogP contribution in [0.15, 0.2) is 24.3 Å². The Morgan fingerprint density at radius 3 is 2.33 bits per heavy atom. The quantitative estimate of drug-likeness (QED) is 0.272. The van der Waals surface area contributed by atoms with Gasteiger partial charge in [-0.25, -0.2) is 18.2 Å². The number of non-ortho nitro benzene ring substituents is 1. The highest BCUT2D eigenvalue weighted by Gasteiger charge is 2.17. The smallest absolute Gasteiger partial charge is 0.421 e. The molecule has 0 N–H and O–H groups in total. The number of nitro benzene ring substituents is 1. The van der Waals surface area contributed by atoms with Gasteiger partial charge in [-0.05, 0) is 17.7 Å². The van der Waals surface area contributed by atoms with Crippen LogP contribution in [-0.2, 0) is 11.3 Å². The van der Waals surface area contributed by atoms with E-state index in [-0.39, 0.29) is 12.3 Å². The Balaban J connectivity index is 2.48. The molecule has 114 valence electrons. The van der Waals surface area contributed by atoms with Crippen molar-refractivity contribution >= 4 is 30.1 Å². The minimum atomic E-state index is -1.70. The van der Waals surface area contributed by atoms with Gasteiger partial charge in [0.15, 0.2) is 0 Å². The SMILES string of the molecule is CN(SN(C)C(=O)OCc1ccc([N+](=O)[O-])cc1)C(=O)F. The lowest BCUT2D eigenvalue weighted by Gasteiger charge is -2.19. The normalized spacial score (nSPS) is 9.86. The van der Waals surface area contributed by atoms with Crippen molar-refractivity contribution in [2.24, 2.45) is 0 Å². The van der Waals surface area contributed by atoms with Gasteiger partial charge >= 0.3 is 12.3 Å². The van der Waals surface area contributed by atoms with Crippen molar-refractivity contribution in [3.8, 4) is 0 Å². The van der Waals surface area contributed by atoms with E-state index < -0.39 is 17.2 Å². The molecule has 10 heteroatoms. The molecule has 0 aliphatic carbocycles. The molecule has 21 heavy (non-hydrogen) atoms. The van der Waals surface area contributed by atoms with Gasteiger partial charge in [-0.3, -0.25) is 10.1 Å². The van der Waals surface area contributed by atoms with Crippen molar-refractivity contribution < 1.29 is 23.6 Å². The number of hydrogen-bond donors (Lipinski definition) is 0. The van der Waals surface area contributed by atoms with Crippen LogP contribution >= 0.6 is 12.1 Å². The molecule has 1 aromatic rings. The second-order valence-corrected chi connectivity index (χ2v) is 5.07. The lowest BCUT2D eigenvalue weighted by atomic mass is 10.2. The van der Waals surface area contributed by atoms with Crippen molar-refractivity contribution in [2.45, 2.75) is 6.61 Å². The van der Waals surface area contributed by atoms with Gasteiger partial charge in [0.25, 0.3) is 5.69 Å². The maximum Gasteiger partial charge on any atom is 0.421 e. The molecule has 0 bridgehead atoms. The highest BCUT2D eigenvalue weighted by atomic mass is 32.2. The summed E-state index contributed by atoms with van der Waals surface area (Å²) in [7, 11) is 2.47. The topological polar surface area (TPSA) is 93.0 Å². The largest absolute Gasteiger partial charge is 0.444 e. The molecule has 0 aliphatic rings. The van der Waals surface area contributed by atoms with Crippen LogP contribution in [0.1, 0.15) is 5.56 Å². The van der Waals surface area contributed by atoms with E-state index in [0.29, 0.717) is 22.0 Å². The van der Waals surface area contributed by atoms with Gasteiger partial charge < -0.3 is 4.74 Å². The third kappa shape index (κ3) is 5.26. The number of nitrogens with zero attached hydrogens (tertiary/aromatic N) is 3. The number of carbonyl (C=O) groups excluding carboxylic acids is 2. The highest BCUT2D eigenvalue weighted by Crippen LogP contribution is 2.16. The lowest BCUT2D eigenvalue weighted by Crippen LogP contribution is -2.27. The molecule has 0 heterocycles. The molecule has 0 saturated carbocycles. The Morgan fingerprint density at radius 1 is 1.29 bits per heavy atom. The summed E-state index contributed by atoms with van der Waals surface area (Å²) >= 11 is 0.536. The fourth-order valence-electron chi connectivity index (χ4n) is 1.20. The zero-order valence-corrected chi connectivity index (χ0v) is 12.0. The van der Waals surface area contributed by atoms with E-state index in [0.717, 1.165) is 11.4 Å². The summed E-state index contributed by atoms with van der Waals surface area (Å²) in [4.78, 5) is 31.9. The Morgan fingerprint density at radius 2 is 1.86 bits per heavy atom. The predicted molar refractivity (Wildman–Crippen MR) is 72.9 cm³/mol. The fraction of sp³-hybridized carbons (Fsp3) is 0.273. The van der Waals surface area contributed by atoms with Gasteiger partial charge in [0.05, 0.1) is 17.1 Å². The summed E-state index contributed by atoms with van der Waals surface area (Å²) in [6, 6.07) is 5.49. The number of rotatable bonds is 5. The third-order valence-electron chi connectivity index (χ3n) is 2.26. The van der Waals surface area contributed by atoms with E-state index in [4.69, 9.17) is 4.74 Å². The molecule has 0 unspecified atom stereocenters. The van der Waals surface area contributed by atoms with Crippen LogP contribution in [-0.4, -0.2) is 39.9 Å². The van der Waals surface area contributed by atoms with Gasteiger partial charge in [-0.1, -0.05) is 0 Å². The van der Waals surface area contributed by atoms with Crippen LogP contribution in [0.2, 0.25) is 0 Å². The van der Waals surface area contributed by atoms with E-state index in [2.05, 4.69) is 0 Å². The van der Waals surface area contributed by atoms with Crippen LogP contribution in [0.5, 0.6) is 0 Å². The van der Waals surface area contributed by atoms with Crippen molar-refractivity contribution in [1.29, 1.82) is 0 Å². The third-order valence-corrected chi connectivity index (χ3v) is 3.04. The number of ether oxygens (including phenoxy) is 1. The van der Waals surface area contributed by atoms with Crippen molar-refractivity contribution in [1.82, 2.24) is 8.61 Å². The summed E-state index contributed by atoms with van der Waals surface area (Å²) in [6.07, 6.45) is -2.48. The Bertz CT molecular complexity index is 539. The molecule has 0 saturated heterocycles. The number of hydrogen-bond acceptors (Lipinski definition) is 6. The molecule has 1 aromatic carbocycles. The standard InChI is InChI=1S/C11H12FN3O5S/c1-13(10(12)16)21-14(2)11(17)20-7-8-3-5-9(6-4-8)15(18)19/h3-6H,7H2,1-2H3. The molecular weight excluding hydrogens is 305 g/mol. The van der Waals surface area contributed by atoms with Crippen LogP contribution in [0.4, 0.5) is 19.7 Å². The number of nitro groups is 1. The predicted octanol–water partition coefficient (Wildman–Crippen LogP) is 2.75. The zero-order valence-electron chi connectivity index (χ0n) is 11.2. The molecule has 2 amide bonds. The van der Waals surface area contributed by atoms with E-state index in [1.807, 2.05) is 0 Å². The minimum absolute atomic E-state index is 0.0687. The monoisotopic (exact) mass is 317 g/mol. The molecular formula is C11H12FN3O5S. The number of carbonyl (C=O) groups is 2. The van der Waals surface area contributed by atoms with E-state index in [1.165, 1.54) is 31.3 Å². The average Bonchev–Trinajstić information content (AvgIpc) is 2.44. The Hall–Kier alpha value is -2.36. The maximum absolute atomic E-state index is 12.3. The number of halogens is 1. The summed E-state index contributed by atoms with van der Waals surface area (Å²) in [5.74, 6) is 0. The lowest BCUT2D eigenvalue weighted by molar-refractivity contribution is -0.384. The van der Waals surface area contributed by atoms with Gasteiger partial charge in [0.2, 0.25) is 0 Å². The van der Waals surface area contributed by atoms with Gasteiger partial charge in [0.1, 0.15) is 6.61 Å². The Kier molecular flexibility index (Phi) is 5.91. The van der Waals surface area contributed by atoms with E-state index >= 15 is 0 Å². The van der Waals surface area contributed by atoms with Crippen LogP contribution < -0.4 is 0 Å². The van der Waals surface area contributed by atoms with Crippen LogP contribution in [0.3, 0.4) is 0 Å². The molecule has 0 spiro atoms. The van der Waals surface area contributed by atoms with Gasteiger partial charge in [-0.15, -0.1) is 4.39 Å². The molecule has 1 rings (SSSR count). The number of benzene rings is 1. The van der Waals surface area contributed by atoms with E-state index in [1.54, 1.807) is 0 Å². The zero-order chi connectivity index (χ0) is 16.0. The summed E-state index contributed by atoms with van der Waals surface area (Å²) in [6.45, 7) is -0.102.